The number of benzene rings is 1. The van der Waals surface area contributed by atoms with Crippen molar-refractivity contribution in [2.75, 3.05) is 36.5 Å². The Morgan fingerprint density at radius 3 is 2.52 bits per heavy atom. The van der Waals surface area contributed by atoms with Crippen molar-refractivity contribution in [1.29, 1.82) is 0 Å². The third kappa shape index (κ3) is 7.47. The van der Waals surface area contributed by atoms with Gasteiger partial charge in [-0.05, 0) is 42.5 Å². The molecule has 1 aliphatic carbocycles. The fraction of sp³-hybridized carbons (Fsp3) is 0.650. The summed E-state index contributed by atoms with van der Waals surface area (Å²) in [6.45, 7) is 3.89. The van der Waals surface area contributed by atoms with Crippen molar-refractivity contribution in [3.8, 4) is 0 Å². The number of thioether (sulfide) groups is 1. The Morgan fingerprint density at radius 2 is 1.85 bits per heavy atom. The molecule has 1 saturated heterocycles. The third-order valence-corrected chi connectivity index (χ3v) is 6.55. The van der Waals surface area contributed by atoms with E-state index in [2.05, 4.69) is 22.3 Å². The molecular weight excluding hydrogens is 401 g/mol. The first-order valence-electron chi connectivity index (χ1n) is 9.58. The van der Waals surface area contributed by atoms with Crippen molar-refractivity contribution in [3.05, 3.63) is 29.8 Å². The summed E-state index contributed by atoms with van der Waals surface area (Å²) in [5.74, 6) is 2.55. The zero-order chi connectivity index (χ0) is 17.5. The molecule has 0 aromatic heterocycles. The number of rotatable bonds is 6. The molecule has 3 N–H and O–H groups in total. The lowest BCUT2D eigenvalue weighted by Gasteiger charge is -2.35. The van der Waals surface area contributed by atoms with Crippen LogP contribution in [0.3, 0.4) is 0 Å². The van der Waals surface area contributed by atoms with Crippen LogP contribution in [0.1, 0.15) is 44.1 Å². The first kappa shape index (κ1) is 24.6. The molecule has 2 fully saturated rings. The number of amides is 1. The SMILES string of the molecule is Cl.Cl.NCC1(CC(=O)Nc2cccc(CN3CCSCC3)c2)CCCCC1. The normalized spacial score (nSPS) is 19.4. The molecule has 0 unspecified atom stereocenters. The lowest BCUT2D eigenvalue weighted by atomic mass is 9.71. The molecule has 7 heteroatoms. The number of hydrogen-bond acceptors (Lipinski definition) is 4. The molecular formula is C20H33Cl2N3OS. The second-order valence-electron chi connectivity index (χ2n) is 7.58. The van der Waals surface area contributed by atoms with E-state index < -0.39 is 0 Å². The van der Waals surface area contributed by atoms with E-state index in [1.165, 1.54) is 36.3 Å². The van der Waals surface area contributed by atoms with Gasteiger partial charge >= 0.3 is 0 Å². The zero-order valence-corrected chi connectivity index (χ0v) is 18.4. The summed E-state index contributed by atoms with van der Waals surface area (Å²) in [7, 11) is 0. The number of carbonyl (C=O) groups is 1. The van der Waals surface area contributed by atoms with Gasteiger partial charge in [-0.3, -0.25) is 9.69 Å². The van der Waals surface area contributed by atoms with E-state index in [1.807, 2.05) is 23.9 Å². The highest BCUT2D eigenvalue weighted by Crippen LogP contribution is 2.38. The van der Waals surface area contributed by atoms with Gasteiger partial charge in [0, 0.05) is 43.2 Å². The molecule has 0 spiro atoms. The lowest BCUT2D eigenvalue weighted by Crippen LogP contribution is -2.36. The van der Waals surface area contributed by atoms with Crippen molar-refractivity contribution < 1.29 is 4.79 Å². The van der Waals surface area contributed by atoms with Crippen LogP contribution < -0.4 is 11.1 Å². The fourth-order valence-electron chi connectivity index (χ4n) is 4.07. The highest BCUT2D eigenvalue weighted by Gasteiger charge is 2.32. The number of nitrogens with two attached hydrogens (primary N) is 1. The molecule has 0 bridgehead atoms. The summed E-state index contributed by atoms with van der Waals surface area (Å²) in [6.07, 6.45) is 6.41. The highest BCUT2D eigenvalue weighted by molar-refractivity contribution is 7.99. The van der Waals surface area contributed by atoms with Gasteiger partial charge in [-0.1, -0.05) is 31.4 Å². The van der Waals surface area contributed by atoms with Crippen LogP contribution in [0.15, 0.2) is 24.3 Å². The van der Waals surface area contributed by atoms with Crippen LogP contribution in [0, 0.1) is 5.41 Å². The van der Waals surface area contributed by atoms with E-state index in [4.69, 9.17) is 5.73 Å². The van der Waals surface area contributed by atoms with Crippen LogP contribution in [0.5, 0.6) is 0 Å². The molecule has 1 saturated carbocycles. The summed E-state index contributed by atoms with van der Waals surface area (Å²) in [6, 6.07) is 8.31. The fourth-order valence-corrected chi connectivity index (χ4v) is 5.04. The van der Waals surface area contributed by atoms with Gasteiger partial charge in [0.25, 0.3) is 0 Å². The third-order valence-electron chi connectivity index (χ3n) is 5.60. The Bertz CT molecular complexity index is 576. The smallest absolute Gasteiger partial charge is 0.224 e. The average Bonchev–Trinajstić information content (AvgIpc) is 2.63. The number of nitrogens with one attached hydrogen (secondary N) is 1. The van der Waals surface area contributed by atoms with Crippen LogP contribution >= 0.6 is 36.6 Å². The Balaban J connectivity index is 0.00000182. The van der Waals surface area contributed by atoms with E-state index >= 15 is 0 Å². The van der Waals surface area contributed by atoms with Crippen molar-refractivity contribution in [1.82, 2.24) is 4.90 Å². The molecule has 1 aromatic carbocycles. The maximum absolute atomic E-state index is 12.6. The monoisotopic (exact) mass is 433 g/mol. The minimum absolute atomic E-state index is 0. The standard InChI is InChI=1S/C20H31N3OS.2ClH/c21-16-20(7-2-1-3-8-20)14-19(24)22-18-6-4-5-17(13-18)15-23-9-11-25-12-10-23;;/h4-6,13H,1-3,7-12,14-16,21H2,(H,22,24);2*1H. The van der Waals surface area contributed by atoms with E-state index in [9.17, 15) is 4.79 Å². The van der Waals surface area contributed by atoms with Gasteiger partial charge in [-0.15, -0.1) is 24.8 Å². The van der Waals surface area contributed by atoms with Crippen molar-refractivity contribution in [3.63, 3.8) is 0 Å². The predicted octanol–water partition coefficient (Wildman–Crippen LogP) is 4.32. The second kappa shape index (κ2) is 12.2. The maximum Gasteiger partial charge on any atom is 0.224 e. The average molecular weight is 434 g/mol. The van der Waals surface area contributed by atoms with Gasteiger partial charge in [0.15, 0.2) is 0 Å². The summed E-state index contributed by atoms with van der Waals surface area (Å²) in [5.41, 5.74) is 8.23. The first-order chi connectivity index (χ1) is 12.2. The van der Waals surface area contributed by atoms with Gasteiger partial charge < -0.3 is 11.1 Å². The van der Waals surface area contributed by atoms with Crippen LogP contribution in [-0.4, -0.2) is 41.9 Å². The Kier molecular flexibility index (Phi) is 11.1. The Labute approximate surface area is 180 Å². The van der Waals surface area contributed by atoms with Gasteiger partial charge in [-0.2, -0.15) is 11.8 Å². The lowest BCUT2D eigenvalue weighted by molar-refractivity contribution is -0.118. The van der Waals surface area contributed by atoms with Crippen LogP contribution in [0.2, 0.25) is 0 Å². The van der Waals surface area contributed by atoms with Crippen molar-refractivity contribution in [2.24, 2.45) is 11.1 Å². The van der Waals surface area contributed by atoms with E-state index in [1.54, 1.807) is 0 Å². The Hall–Kier alpha value is -0.460. The summed E-state index contributed by atoms with van der Waals surface area (Å²) < 4.78 is 0. The van der Waals surface area contributed by atoms with Crippen molar-refractivity contribution in [2.45, 2.75) is 45.1 Å². The molecule has 1 amide bonds. The molecule has 1 aromatic rings. The summed E-state index contributed by atoms with van der Waals surface area (Å²) >= 11 is 2.03. The predicted molar refractivity (Wildman–Crippen MR) is 121 cm³/mol. The number of halogens is 2. The van der Waals surface area contributed by atoms with E-state index in [0.717, 1.165) is 38.2 Å². The molecule has 1 heterocycles. The molecule has 3 rings (SSSR count). The maximum atomic E-state index is 12.6. The molecule has 27 heavy (non-hydrogen) atoms. The molecule has 2 aliphatic rings. The molecule has 154 valence electrons. The Morgan fingerprint density at radius 1 is 1.15 bits per heavy atom. The van der Waals surface area contributed by atoms with Gasteiger partial charge in [0.1, 0.15) is 0 Å². The minimum Gasteiger partial charge on any atom is -0.330 e. The minimum atomic E-state index is 0. The van der Waals surface area contributed by atoms with Crippen LogP contribution in [0.25, 0.3) is 0 Å². The largest absolute Gasteiger partial charge is 0.330 e. The summed E-state index contributed by atoms with van der Waals surface area (Å²) in [5, 5.41) is 3.11. The highest BCUT2D eigenvalue weighted by atomic mass is 35.5. The quantitative estimate of drug-likeness (QED) is 0.700. The molecule has 4 nitrogen and oxygen atoms in total. The number of carbonyl (C=O) groups excluding carboxylic acids is 1. The van der Waals surface area contributed by atoms with Crippen molar-refractivity contribution >= 4 is 48.2 Å². The van der Waals surface area contributed by atoms with Gasteiger partial charge in [-0.25, -0.2) is 0 Å². The summed E-state index contributed by atoms with van der Waals surface area (Å²) in [4.78, 5) is 15.1. The van der Waals surface area contributed by atoms with Gasteiger partial charge in [0.05, 0.1) is 0 Å². The topological polar surface area (TPSA) is 58.4 Å². The van der Waals surface area contributed by atoms with Crippen LogP contribution in [0.4, 0.5) is 5.69 Å². The van der Waals surface area contributed by atoms with Crippen LogP contribution in [-0.2, 0) is 11.3 Å². The zero-order valence-electron chi connectivity index (χ0n) is 16.0. The molecule has 0 atom stereocenters. The van der Waals surface area contributed by atoms with E-state index in [-0.39, 0.29) is 36.1 Å². The molecule has 0 radical (unpaired) electrons. The van der Waals surface area contributed by atoms with Gasteiger partial charge in [0.2, 0.25) is 5.91 Å². The number of hydrogen-bond donors (Lipinski definition) is 2. The number of anilines is 1. The molecule has 1 aliphatic heterocycles. The second-order valence-corrected chi connectivity index (χ2v) is 8.80. The van der Waals surface area contributed by atoms with E-state index in [0.29, 0.717) is 13.0 Å². The first-order valence-corrected chi connectivity index (χ1v) is 10.7. The number of nitrogens with zero attached hydrogens (tertiary/aromatic N) is 1.